The van der Waals surface area contributed by atoms with Gasteiger partial charge in [-0.25, -0.2) is 13.4 Å². The Morgan fingerprint density at radius 1 is 1.17 bits per heavy atom. The third kappa shape index (κ3) is 4.12. The van der Waals surface area contributed by atoms with Gasteiger partial charge < -0.3 is 0 Å². The van der Waals surface area contributed by atoms with Crippen molar-refractivity contribution in [2.45, 2.75) is 32.1 Å². The smallest absolute Gasteiger partial charge is 0.259 e. The molecule has 3 rings (SSSR count). The van der Waals surface area contributed by atoms with Crippen LogP contribution in [0.4, 0.5) is 10.8 Å². The Kier molecular flexibility index (Phi) is 4.86. The first kappa shape index (κ1) is 16.9. The van der Waals surface area contributed by atoms with Crippen molar-refractivity contribution in [3.8, 4) is 0 Å². The highest BCUT2D eigenvalue weighted by molar-refractivity contribution is 7.92. The summed E-state index contributed by atoms with van der Waals surface area (Å²) >= 11 is 1.51. The molecule has 2 aromatic rings. The van der Waals surface area contributed by atoms with Gasteiger partial charge in [0, 0.05) is 4.88 Å². The number of hydrogen-bond acceptors (Lipinski definition) is 5. The lowest BCUT2D eigenvalue weighted by molar-refractivity contribution is 0.102. The van der Waals surface area contributed by atoms with Gasteiger partial charge in [-0.3, -0.25) is 14.8 Å². The van der Waals surface area contributed by atoms with E-state index < -0.39 is 10.0 Å². The van der Waals surface area contributed by atoms with Crippen molar-refractivity contribution in [1.82, 2.24) is 4.98 Å². The second-order valence-electron chi connectivity index (χ2n) is 5.82. The maximum atomic E-state index is 12.5. The minimum absolute atomic E-state index is 0.260. The van der Waals surface area contributed by atoms with Crippen molar-refractivity contribution >= 4 is 38.1 Å². The number of rotatable bonds is 4. The molecule has 0 bridgehead atoms. The number of nitrogens with one attached hydrogen (secondary N) is 2. The summed E-state index contributed by atoms with van der Waals surface area (Å²) in [4.78, 5) is 18.3. The van der Waals surface area contributed by atoms with Crippen LogP contribution in [0, 0.1) is 0 Å². The van der Waals surface area contributed by atoms with Gasteiger partial charge in [-0.2, -0.15) is 0 Å². The largest absolute Gasteiger partial charge is 0.298 e. The van der Waals surface area contributed by atoms with Crippen LogP contribution in [-0.4, -0.2) is 25.6 Å². The zero-order valence-corrected chi connectivity index (χ0v) is 15.0. The number of sulfonamides is 1. The molecule has 1 heterocycles. The van der Waals surface area contributed by atoms with Gasteiger partial charge in [0.05, 0.1) is 23.2 Å². The van der Waals surface area contributed by atoms with E-state index in [1.165, 1.54) is 22.6 Å². The number of para-hydroxylation sites is 1. The van der Waals surface area contributed by atoms with Crippen LogP contribution in [0.1, 0.15) is 40.2 Å². The molecule has 1 aliphatic carbocycles. The minimum Gasteiger partial charge on any atom is -0.298 e. The van der Waals surface area contributed by atoms with E-state index >= 15 is 0 Å². The molecule has 0 atom stereocenters. The maximum absolute atomic E-state index is 12.5. The SMILES string of the molecule is CS(=O)(=O)Nc1ccccc1C(=O)Nc1nc2c(s1)CCCCC2. The average molecular weight is 365 g/mol. The summed E-state index contributed by atoms with van der Waals surface area (Å²) in [6.07, 6.45) is 6.52. The normalized spacial score (nSPS) is 14.5. The molecule has 1 amide bonds. The number of benzene rings is 1. The molecule has 6 nitrogen and oxygen atoms in total. The van der Waals surface area contributed by atoms with Crippen molar-refractivity contribution in [3.05, 3.63) is 40.4 Å². The van der Waals surface area contributed by atoms with Gasteiger partial charge in [0.15, 0.2) is 5.13 Å². The first-order valence-electron chi connectivity index (χ1n) is 7.79. The molecule has 1 aromatic heterocycles. The molecule has 0 aliphatic heterocycles. The second kappa shape index (κ2) is 6.90. The fourth-order valence-electron chi connectivity index (χ4n) is 2.72. The Morgan fingerprint density at radius 2 is 1.92 bits per heavy atom. The predicted octanol–water partition coefficient (Wildman–Crippen LogP) is 3.04. The lowest BCUT2D eigenvalue weighted by Gasteiger charge is -2.09. The van der Waals surface area contributed by atoms with Crippen LogP contribution in [0.15, 0.2) is 24.3 Å². The Balaban J connectivity index is 1.81. The standard InChI is InChI=1S/C16H19N3O3S2/c1-24(21,22)19-12-8-6-5-7-11(12)15(20)18-16-17-13-9-3-2-4-10-14(13)23-16/h5-8,19H,2-4,9-10H2,1H3,(H,17,18,20). The summed E-state index contributed by atoms with van der Waals surface area (Å²) in [5.41, 5.74) is 1.61. The number of amides is 1. The molecule has 0 radical (unpaired) electrons. The average Bonchev–Trinajstić information content (AvgIpc) is 2.74. The highest BCUT2D eigenvalue weighted by Crippen LogP contribution is 2.29. The van der Waals surface area contributed by atoms with E-state index in [-0.39, 0.29) is 17.2 Å². The van der Waals surface area contributed by atoms with Gasteiger partial charge in [-0.05, 0) is 37.8 Å². The lowest BCUT2D eigenvalue weighted by atomic mass is 10.2. The van der Waals surface area contributed by atoms with Crippen LogP contribution in [0.25, 0.3) is 0 Å². The summed E-state index contributed by atoms with van der Waals surface area (Å²) < 4.78 is 25.3. The van der Waals surface area contributed by atoms with E-state index in [2.05, 4.69) is 15.0 Å². The second-order valence-corrected chi connectivity index (χ2v) is 8.66. The van der Waals surface area contributed by atoms with Crippen LogP contribution in [0.3, 0.4) is 0 Å². The van der Waals surface area contributed by atoms with Crippen molar-refractivity contribution in [1.29, 1.82) is 0 Å². The van der Waals surface area contributed by atoms with E-state index in [9.17, 15) is 13.2 Å². The predicted molar refractivity (Wildman–Crippen MR) is 96.2 cm³/mol. The van der Waals surface area contributed by atoms with Gasteiger partial charge in [0.2, 0.25) is 10.0 Å². The number of aryl methyl sites for hydroxylation is 2. The number of hydrogen-bond donors (Lipinski definition) is 2. The number of thiazole rings is 1. The Labute approximate surface area is 145 Å². The van der Waals surface area contributed by atoms with E-state index in [4.69, 9.17) is 0 Å². The van der Waals surface area contributed by atoms with Crippen molar-refractivity contribution in [2.24, 2.45) is 0 Å². The highest BCUT2D eigenvalue weighted by Gasteiger charge is 2.18. The molecule has 0 saturated heterocycles. The number of fused-ring (bicyclic) bond motifs is 1. The van der Waals surface area contributed by atoms with Crippen molar-refractivity contribution < 1.29 is 13.2 Å². The van der Waals surface area contributed by atoms with E-state index in [1.54, 1.807) is 24.3 Å². The molecule has 0 spiro atoms. The number of carbonyl (C=O) groups is 1. The monoisotopic (exact) mass is 365 g/mol. The van der Waals surface area contributed by atoms with E-state index in [0.717, 1.165) is 37.6 Å². The molecule has 128 valence electrons. The van der Waals surface area contributed by atoms with Crippen LogP contribution in [0.2, 0.25) is 0 Å². The molecule has 0 fully saturated rings. The maximum Gasteiger partial charge on any atom is 0.259 e. The van der Waals surface area contributed by atoms with Crippen molar-refractivity contribution in [3.63, 3.8) is 0 Å². The molecule has 1 aromatic carbocycles. The third-order valence-corrected chi connectivity index (χ3v) is 5.45. The molecule has 0 unspecified atom stereocenters. The van der Waals surface area contributed by atoms with E-state index in [0.29, 0.717) is 5.13 Å². The Bertz CT molecular complexity index is 836. The fourth-order valence-corrected chi connectivity index (χ4v) is 4.34. The molecule has 2 N–H and O–H groups in total. The molecule has 24 heavy (non-hydrogen) atoms. The summed E-state index contributed by atoms with van der Waals surface area (Å²) in [5, 5.41) is 3.37. The zero-order chi connectivity index (χ0) is 17.2. The summed E-state index contributed by atoms with van der Waals surface area (Å²) in [5.74, 6) is -0.370. The summed E-state index contributed by atoms with van der Waals surface area (Å²) in [6, 6.07) is 6.52. The van der Waals surface area contributed by atoms with Crippen LogP contribution >= 0.6 is 11.3 Å². The number of aromatic nitrogens is 1. The van der Waals surface area contributed by atoms with Gasteiger partial charge in [-0.15, -0.1) is 11.3 Å². The van der Waals surface area contributed by atoms with Gasteiger partial charge in [-0.1, -0.05) is 18.6 Å². The molecule has 1 aliphatic rings. The quantitative estimate of drug-likeness (QED) is 0.815. The van der Waals surface area contributed by atoms with Crippen LogP contribution in [-0.2, 0) is 22.9 Å². The Hall–Kier alpha value is -1.93. The number of nitrogens with zero attached hydrogens (tertiary/aromatic N) is 1. The molecule has 0 saturated carbocycles. The number of carbonyl (C=O) groups excluding carboxylic acids is 1. The molecule has 8 heteroatoms. The van der Waals surface area contributed by atoms with Crippen molar-refractivity contribution in [2.75, 3.05) is 16.3 Å². The zero-order valence-electron chi connectivity index (χ0n) is 13.3. The highest BCUT2D eigenvalue weighted by atomic mass is 32.2. The van der Waals surface area contributed by atoms with E-state index in [1.807, 2.05) is 0 Å². The lowest BCUT2D eigenvalue weighted by Crippen LogP contribution is -2.17. The fraction of sp³-hybridized carbons (Fsp3) is 0.375. The van der Waals surface area contributed by atoms with Gasteiger partial charge >= 0.3 is 0 Å². The Morgan fingerprint density at radius 3 is 2.71 bits per heavy atom. The topological polar surface area (TPSA) is 88.2 Å². The van der Waals surface area contributed by atoms with Crippen LogP contribution < -0.4 is 10.0 Å². The summed E-state index contributed by atoms with van der Waals surface area (Å²) in [7, 11) is -3.46. The van der Waals surface area contributed by atoms with Gasteiger partial charge in [0.25, 0.3) is 5.91 Å². The molecular weight excluding hydrogens is 346 g/mol. The number of anilines is 2. The third-order valence-electron chi connectivity index (χ3n) is 3.78. The first-order chi connectivity index (χ1) is 11.4. The first-order valence-corrected chi connectivity index (χ1v) is 10.5. The summed E-state index contributed by atoms with van der Waals surface area (Å²) in [6.45, 7) is 0. The van der Waals surface area contributed by atoms with Gasteiger partial charge in [0.1, 0.15) is 0 Å². The molecular formula is C16H19N3O3S2. The minimum atomic E-state index is -3.46. The van der Waals surface area contributed by atoms with Crippen LogP contribution in [0.5, 0.6) is 0 Å².